The van der Waals surface area contributed by atoms with Crippen molar-refractivity contribution in [2.45, 2.75) is 12.8 Å². The summed E-state index contributed by atoms with van der Waals surface area (Å²) >= 11 is 3.31. The van der Waals surface area contributed by atoms with Crippen molar-refractivity contribution >= 4 is 15.9 Å². The standard InChI is InChI=1S/C6H5Br.2C5H5.Zr/c7-6-4-2-1-3-5-6;2*1-2-4-5-3-1;/h1-5H;2*1-3H,4H2;/q;2*-1;+2. The molecule has 0 saturated carbocycles. The molecule has 0 unspecified atom stereocenters. The van der Waals surface area contributed by atoms with Crippen LogP contribution in [0.1, 0.15) is 12.8 Å². The first kappa shape index (κ1) is 17.5. The third-order valence-corrected chi connectivity index (χ3v) is 2.43. The van der Waals surface area contributed by atoms with E-state index in [2.05, 4.69) is 40.2 Å². The molecule has 3 rings (SSSR count). The average molecular weight is 378 g/mol. The maximum Gasteiger partial charge on any atom is 2.00 e. The molecule has 0 aliphatic heterocycles. The Morgan fingerprint density at radius 3 is 1.50 bits per heavy atom. The minimum absolute atomic E-state index is 0. The summed E-state index contributed by atoms with van der Waals surface area (Å²) in [6.07, 6.45) is 20.0. The van der Waals surface area contributed by atoms with Crippen molar-refractivity contribution in [1.29, 1.82) is 0 Å². The largest absolute Gasteiger partial charge is 2.00 e. The van der Waals surface area contributed by atoms with Crippen molar-refractivity contribution in [2.75, 3.05) is 0 Å². The average Bonchev–Trinajstić information content (AvgIpc) is 3.09. The molecule has 18 heavy (non-hydrogen) atoms. The normalized spacial score (nSPS) is 13.2. The predicted molar refractivity (Wildman–Crippen MR) is 77.3 cm³/mol. The molecule has 1 aromatic rings. The fourth-order valence-electron chi connectivity index (χ4n) is 1.10. The van der Waals surface area contributed by atoms with E-state index in [1.165, 1.54) is 0 Å². The summed E-state index contributed by atoms with van der Waals surface area (Å²) in [5.41, 5.74) is 0. The summed E-state index contributed by atoms with van der Waals surface area (Å²) in [6, 6.07) is 9.97. The van der Waals surface area contributed by atoms with Gasteiger partial charge in [-0.25, -0.2) is 24.3 Å². The first-order valence-electron chi connectivity index (χ1n) is 5.53. The van der Waals surface area contributed by atoms with E-state index in [1.807, 2.05) is 54.6 Å². The number of halogens is 1. The van der Waals surface area contributed by atoms with E-state index in [9.17, 15) is 0 Å². The van der Waals surface area contributed by atoms with Gasteiger partial charge in [0, 0.05) is 4.47 Å². The zero-order valence-electron chi connectivity index (χ0n) is 10.1. The molecule has 0 saturated heterocycles. The number of rotatable bonds is 0. The first-order chi connectivity index (χ1) is 8.39. The van der Waals surface area contributed by atoms with Crippen LogP contribution in [0.15, 0.2) is 71.3 Å². The summed E-state index contributed by atoms with van der Waals surface area (Å²) in [5.74, 6) is 0. The van der Waals surface area contributed by atoms with E-state index in [1.54, 1.807) is 0 Å². The van der Waals surface area contributed by atoms with Crippen molar-refractivity contribution in [3.8, 4) is 0 Å². The smallest absolute Gasteiger partial charge is 0.273 e. The minimum Gasteiger partial charge on any atom is -0.273 e. The van der Waals surface area contributed by atoms with E-state index in [0.29, 0.717) is 0 Å². The number of hydrogen-bond donors (Lipinski definition) is 0. The zero-order valence-corrected chi connectivity index (χ0v) is 14.2. The molecule has 0 atom stereocenters. The van der Waals surface area contributed by atoms with Crippen LogP contribution in [0.4, 0.5) is 0 Å². The Labute approximate surface area is 137 Å². The van der Waals surface area contributed by atoms with Crippen LogP contribution in [0.25, 0.3) is 0 Å². The molecule has 0 heterocycles. The Morgan fingerprint density at radius 2 is 1.33 bits per heavy atom. The Hall–Kier alpha value is -0.457. The van der Waals surface area contributed by atoms with Gasteiger partial charge in [-0.15, -0.1) is 12.8 Å². The van der Waals surface area contributed by atoms with E-state index in [0.717, 1.165) is 17.3 Å². The van der Waals surface area contributed by atoms with Crippen LogP contribution < -0.4 is 0 Å². The quantitative estimate of drug-likeness (QED) is 0.554. The van der Waals surface area contributed by atoms with Gasteiger partial charge in [0.15, 0.2) is 0 Å². The molecule has 0 radical (unpaired) electrons. The third kappa shape index (κ3) is 10.7. The van der Waals surface area contributed by atoms with Crippen molar-refractivity contribution in [2.24, 2.45) is 0 Å². The van der Waals surface area contributed by atoms with Crippen LogP contribution in [-0.4, -0.2) is 0 Å². The Bertz CT molecular complexity index is 360. The molecule has 0 spiro atoms. The monoisotopic (exact) mass is 376 g/mol. The van der Waals surface area contributed by atoms with Crippen LogP contribution in [0.5, 0.6) is 0 Å². The van der Waals surface area contributed by atoms with E-state index in [-0.39, 0.29) is 26.2 Å². The second kappa shape index (κ2) is 13.0. The van der Waals surface area contributed by atoms with Crippen molar-refractivity contribution in [1.82, 2.24) is 0 Å². The van der Waals surface area contributed by atoms with E-state index in [4.69, 9.17) is 0 Å². The molecule has 1 aromatic carbocycles. The number of allylic oxidation sites excluding steroid dienone is 8. The van der Waals surface area contributed by atoms with Gasteiger partial charge in [-0.3, -0.25) is 12.2 Å². The summed E-state index contributed by atoms with van der Waals surface area (Å²) in [7, 11) is 0. The van der Waals surface area contributed by atoms with Crippen molar-refractivity contribution in [3.05, 3.63) is 83.4 Å². The molecule has 0 amide bonds. The molecule has 2 heteroatoms. The third-order valence-electron chi connectivity index (χ3n) is 1.90. The number of benzene rings is 1. The second-order valence-corrected chi connectivity index (χ2v) is 4.22. The maximum absolute atomic E-state index is 3.31. The molecule has 2 aliphatic rings. The molecule has 0 nitrogen and oxygen atoms in total. The minimum atomic E-state index is 0. The van der Waals surface area contributed by atoms with Gasteiger partial charge in [0.05, 0.1) is 0 Å². The molecule has 0 N–H and O–H groups in total. The van der Waals surface area contributed by atoms with E-state index >= 15 is 0 Å². The Morgan fingerprint density at radius 1 is 0.833 bits per heavy atom. The summed E-state index contributed by atoms with van der Waals surface area (Å²) in [5, 5.41) is 0. The number of hydrogen-bond acceptors (Lipinski definition) is 0. The Balaban J connectivity index is 0.000000239. The van der Waals surface area contributed by atoms with Crippen LogP contribution >= 0.6 is 15.9 Å². The van der Waals surface area contributed by atoms with Gasteiger partial charge < -0.3 is 0 Å². The topological polar surface area (TPSA) is 0 Å². The molecule has 0 aromatic heterocycles. The molecular formula is C16H15BrZr. The fraction of sp³-hybridized carbons (Fsp3) is 0.125. The van der Waals surface area contributed by atoms with E-state index < -0.39 is 0 Å². The predicted octanol–water partition coefficient (Wildman–Crippen LogP) is 5.06. The molecule has 90 valence electrons. The van der Waals surface area contributed by atoms with Crippen LogP contribution in [0.2, 0.25) is 0 Å². The van der Waals surface area contributed by atoms with Crippen molar-refractivity contribution in [3.63, 3.8) is 0 Å². The zero-order chi connectivity index (χ0) is 12.2. The summed E-state index contributed by atoms with van der Waals surface area (Å²) < 4.78 is 1.13. The SMILES string of the molecule is Brc1ccccc1.[C-]1=CC=CC1.[C-]1=CC=CC1.[Zr+2]. The van der Waals surface area contributed by atoms with Gasteiger partial charge in [-0.1, -0.05) is 34.1 Å². The van der Waals surface area contributed by atoms with Crippen LogP contribution in [-0.2, 0) is 26.2 Å². The summed E-state index contributed by atoms with van der Waals surface area (Å²) in [6.45, 7) is 0. The van der Waals surface area contributed by atoms with Gasteiger partial charge in [0.25, 0.3) is 0 Å². The molecule has 0 bridgehead atoms. The first-order valence-corrected chi connectivity index (χ1v) is 6.33. The molecule has 0 fully saturated rings. The van der Waals surface area contributed by atoms with Gasteiger partial charge >= 0.3 is 26.2 Å². The van der Waals surface area contributed by atoms with Gasteiger partial charge in [0.2, 0.25) is 0 Å². The Kier molecular flexibility index (Phi) is 12.7. The van der Waals surface area contributed by atoms with Gasteiger partial charge in [-0.2, -0.15) is 12.2 Å². The molecule has 2 aliphatic carbocycles. The van der Waals surface area contributed by atoms with Crippen LogP contribution in [0.3, 0.4) is 0 Å². The summed E-state index contributed by atoms with van der Waals surface area (Å²) in [4.78, 5) is 0. The fourth-order valence-corrected chi connectivity index (χ4v) is 1.40. The molecular weight excluding hydrogens is 363 g/mol. The maximum atomic E-state index is 3.31. The van der Waals surface area contributed by atoms with Gasteiger partial charge in [-0.05, 0) is 12.1 Å². The second-order valence-electron chi connectivity index (χ2n) is 3.30. The van der Waals surface area contributed by atoms with Crippen molar-refractivity contribution < 1.29 is 26.2 Å². The van der Waals surface area contributed by atoms with Crippen LogP contribution in [0, 0.1) is 12.2 Å². The van der Waals surface area contributed by atoms with Gasteiger partial charge in [0.1, 0.15) is 0 Å².